The Balaban J connectivity index is 2.18. The molecule has 0 spiro atoms. The molecule has 1 atom stereocenters. The fraction of sp³-hybridized carbons (Fsp3) is 0.444. The van der Waals surface area contributed by atoms with Gasteiger partial charge in [-0.2, -0.15) is 0 Å². The highest BCUT2D eigenvalue weighted by Crippen LogP contribution is 1.99. The quantitative estimate of drug-likeness (QED) is 0.696. The highest BCUT2D eigenvalue weighted by molar-refractivity contribution is 5.76. The molecular formula is C9H14N2O2. The summed E-state index contributed by atoms with van der Waals surface area (Å²) in [5.41, 5.74) is 5.09. The molecule has 0 aliphatic heterocycles. The van der Waals surface area contributed by atoms with Crippen molar-refractivity contribution in [2.75, 3.05) is 6.54 Å². The van der Waals surface area contributed by atoms with Gasteiger partial charge in [-0.05, 0) is 12.1 Å². The number of amides is 1. The first-order valence-electron chi connectivity index (χ1n) is 4.22. The SMILES string of the molecule is CC(CNCc1ccco1)C(N)=O. The molecule has 1 heterocycles. The number of carbonyl (C=O) groups excluding carboxylic acids is 1. The van der Waals surface area contributed by atoms with E-state index in [1.165, 1.54) is 0 Å². The molecule has 1 unspecified atom stereocenters. The van der Waals surface area contributed by atoms with Crippen molar-refractivity contribution in [2.24, 2.45) is 11.7 Å². The van der Waals surface area contributed by atoms with Crippen LogP contribution in [0.2, 0.25) is 0 Å². The highest BCUT2D eigenvalue weighted by atomic mass is 16.3. The number of hydrogen-bond donors (Lipinski definition) is 2. The third-order valence-electron chi connectivity index (χ3n) is 1.82. The maximum absolute atomic E-state index is 10.7. The summed E-state index contributed by atoms with van der Waals surface area (Å²) in [5.74, 6) is 0.429. The molecule has 0 saturated heterocycles. The molecule has 1 amide bonds. The van der Waals surface area contributed by atoms with Gasteiger partial charge in [0.1, 0.15) is 5.76 Å². The number of hydrogen-bond acceptors (Lipinski definition) is 3. The zero-order chi connectivity index (χ0) is 9.68. The monoisotopic (exact) mass is 182 g/mol. The summed E-state index contributed by atoms with van der Waals surface area (Å²) in [4.78, 5) is 10.7. The zero-order valence-electron chi connectivity index (χ0n) is 7.62. The van der Waals surface area contributed by atoms with Crippen LogP contribution in [0, 0.1) is 5.92 Å². The molecule has 0 fully saturated rings. The predicted octanol–water partition coefficient (Wildman–Crippen LogP) is 0.491. The maximum atomic E-state index is 10.7. The van der Waals surface area contributed by atoms with E-state index in [1.807, 2.05) is 12.1 Å². The van der Waals surface area contributed by atoms with Gasteiger partial charge < -0.3 is 15.5 Å². The van der Waals surface area contributed by atoms with E-state index in [0.717, 1.165) is 5.76 Å². The van der Waals surface area contributed by atoms with Crippen molar-refractivity contribution in [1.82, 2.24) is 5.32 Å². The van der Waals surface area contributed by atoms with E-state index in [4.69, 9.17) is 10.2 Å². The van der Waals surface area contributed by atoms with Gasteiger partial charge in [-0.25, -0.2) is 0 Å². The standard InChI is InChI=1S/C9H14N2O2/c1-7(9(10)12)5-11-6-8-3-2-4-13-8/h2-4,7,11H,5-6H2,1H3,(H2,10,12). The van der Waals surface area contributed by atoms with Crippen LogP contribution in [0.4, 0.5) is 0 Å². The van der Waals surface area contributed by atoms with E-state index >= 15 is 0 Å². The summed E-state index contributed by atoms with van der Waals surface area (Å²) in [6.07, 6.45) is 1.62. The van der Waals surface area contributed by atoms with Gasteiger partial charge in [0, 0.05) is 12.5 Å². The van der Waals surface area contributed by atoms with Gasteiger partial charge in [-0.15, -0.1) is 0 Å². The summed E-state index contributed by atoms with van der Waals surface area (Å²) < 4.78 is 5.10. The summed E-state index contributed by atoms with van der Waals surface area (Å²) in [6, 6.07) is 3.70. The van der Waals surface area contributed by atoms with Crippen LogP contribution in [0.5, 0.6) is 0 Å². The van der Waals surface area contributed by atoms with Crippen LogP contribution in [0.25, 0.3) is 0 Å². The van der Waals surface area contributed by atoms with Gasteiger partial charge in [0.2, 0.25) is 5.91 Å². The van der Waals surface area contributed by atoms with Crippen LogP contribution in [-0.4, -0.2) is 12.5 Å². The van der Waals surface area contributed by atoms with Crippen molar-refractivity contribution in [3.8, 4) is 0 Å². The largest absolute Gasteiger partial charge is 0.468 e. The van der Waals surface area contributed by atoms with Gasteiger partial charge in [0.15, 0.2) is 0 Å². The smallest absolute Gasteiger partial charge is 0.221 e. The Bertz CT molecular complexity index is 257. The van der Waals surface area contributed by atoms with E-state index in [0.29, 0.717) is 13.1 Å². The van der Waals surface area contributed by atoms with Gasteiger partial charge in [-0.1, -0.05) is 6.92 Å². The Hall–Kier alpha value is -1.29. The normalized spacial score (nSPS) is 12.7. The molecule has 1 aromatic heterocycles. The Kier molecular flexibility index (Phi) is 3.52. The topological polar surface area (TPSA) is 68.3 Å². The first kappa shape index (κ1) is 9.80. The second-order valence-electron chi connectivity index (χ2n) is 3.01. The van der Waals surface area contributed by atoms with Crippen LogP contribution >= 0.6 is 0 Å². The number of carbonyl (C=O) groups is 1. The molecule has 0 saturated carbocycles. The maximum Gasteiger partial charge on any atom is 0.221 e. The van der Waals surface area contributed by atoms with Gasteiger partial charge >= 0.3 is 0 Å². The third-order valence-corrected chi connectivity index (χ3v) is 1.82. The first-order valence-corrected chi connectivity index (χ1v) is 4.22. The molecule has 0 aromatic carbocycles. The van der Waals surface area contributed by atoms with E-state index < -0.39 is 0 Å². The average molecular weight is 182 g/mol. The van der Waals surface area contributed by atoms with Crippen molar-refractivity contribution >= 4 is 5.91 Å². The highest BCUT2D eigenvalue weighted by Gasteiger charge is 2.07. The van der Waals surface area contributed by atoms with Crippen molar-refractivity contribution < 1.29 is 9.21 Å². The van der Waals surface area contributed by atoms with Crippen molar-refractivity contribution in [3.63, 3.8) is 0 Å². The fourth-order valence-corrected chi connectivity index (χ4v) is 0.926. The molecule has 0 aliphatic rings. The number of nitrogens with two attached hydrogens (primary N) is 1. The molecule has 3 N–H and O–H groups in total. The van der Waals surface area contributed by atoms with Crippen molar-refractivity contribution in [3.05, 3.63) is 24.2 Å². The molecule has 4 nitrogen and oxygen atoms in total. The predicted molar refractivity (Wildman–Crippen MR) is 48.8 cm³/mol. The molecule has 1 rings (SSSR count). The summed E-state index contributed by atoms with van der Waals surface area (Å²) in [7, 11) is 0. The van der Waals surface area contributed by atoms with Gasteiger partial charge in [0.25, 0.3) is 0 Å². The van der Waals surface area contributed by atoms with Gasteiger partial charge in [-0.3, -0.25) is 4.79 Å². The van der Waals surface area contributed by atoms with Gasteiger partial charge in [0.05, 0.1) is 12.8 Å². The second kappa shape index (κ2) is 4.67. The molecule has 4 heteroatoms. The molecule has 72 valence electrons. The summed E-state index contributed by atoms with van der Waals surface area (Å²) in [6.45, 7) is 3.00. The van der Waals surface area contributed by atoms with E-state index in [1.54, 1.807) is 13.2 Å². The van der Waals surface area contributed by atoms with Crippen LogP contribution in [0.3, 0.4) is 0 Å². The minimum atomic E-state index is -0.285. The zero-order valence-corrected chi connectivity index (χ0v) is 7.62. The Morgan fingerprint density at radius 2 is 2.54 bits per heavy atom. The van der Waals surface area contributed by atoms with Crippen LogP contribution in [0.1, 0.15) is 12.7 Å². The third kappa shape index (κ3) is 3.29. The van der Waals surface area contributed by atoms with Crippen LogP contribution in [-0.2, 0) is 11.3 Å². The van der Waals surface area contributed by atoms with E-state index in [9.17, 15) is 4.79 Å². The minimum Gasteiger partial charge on any atom is -0.468 e. The number of furan rings is 1. The molecule has 0 bridgehead atoms. The molecule has 13 heavy (non-hydrogen) atoms. The van der Waals surface area contributed by atoms with Crippen molar-refractivity contribution in [2.45, 2.75) is 13.5 Å². The lowest BCUT2D eigenvalue weighted by Gasteiger charge is -2.06. The number of primary amides is 1. The minimum absolute atomic E-state index is 0.144. The lowest BCUT2D eigenvalue weighted by Crippen LogP contribution is -2.30. The first-order chi connectivity index (χ1) is 6.20. The number of rotatable bonds is 5. The second-order valence-corrected chi connectivity index (χ2v) is 3.01. The number of nitrogens with one attached hydrogen (secondary N) is 1. The van der Waals surface area contributed by atoms with E-state index in [-0.39, 0.29) is 11.8 Å². The van der Waals surface area contributed by atoms with Crippen LogP contribution in [0.15, 0.2) is 22.8 Å². The molecule has 0 aliphatic carbocycles. The molecule has 1 aromatic rings. The Labute approximate surface area is 77.1 Å². The Morgan fingerprint density at radius 1 is 1.77 bits per heavy atom. The summed E-state index contributed by atoms with van der Waals surface area (Å²) >= 11 is 0. The molecular weight excluding hydrogens is 168 g/mol. The van der Waals surface area contributed by atoms with E-state index in [2.05, 4.69) is 5.32 Å². The lowest BCUT2D eigenvalue weighted by atomic mass is 10.2. The van der Waals surface area contributed by atoms with Crippen LogP contribution < -0.4 is 11.1 Å². The summed E-state index contributed by atoms with van der Waals surface area (Å²) in [5, 5.41) is 3.07. The van der Waals surface area contributed by atoms with Crippen molar-refractivity contribution in [1.29, 1.82) is 0 Å². The average Bonchev–Trinajstić information content (AvgIpc) is 2.56. The molecule has 0 radical (unpaired) electrons. The lowest BCUT2D eigenvalue weighted by molar-refractivity contribution is -0.121. The Morgan fingerprint density at radius 3 is 3.08 bits per heavy atom. The fourth-order valence-electron chi connectivity index (χ4n) is 0.926.